The molecule has 1 aliphatic heterocycles. The van der Waals surface area contributed by atoms with Gasteiger partial charge < -0.3 is 10.2 Å². The third-order valence-electron chi connectivity index (χ3n) is 6.06. The van der Waals surface area contributed by atoms with Crippen LogP contribution in [0.1, 0.15) is 65.7 Å². The molecule has 1 saturated heterocycles. The molecule has 0 spiro atoms. The molecule has 0 radical (unpaired) electrons. The van der Waals surface area contributed by atoms with Crippen molar-refractivity contribution in [1.82, 2.24) is 10.2 Å². The molecule has 3 unspecified atom stereocenters. The zero-order valence-electron chi connectivity index (χ0n) is 13.8. The highest BCUT2D eigenvalue weighted by Gasteiger charge is 2.35. The molecule has 3 atom stereocenters. The summed E-state index contributed by atoms with van der Waals surface area (Å²) in [5.74, 6) is 2.67. The van der Waals surface area contributed by atoms with Crippen molar-refractivity contribution in [1.29, 1.82) is 0 Å². The maximum atomic E-state index is 4.07. The lowest BCUT2D eigenvalue weighted by atomic mass is 9.73. The highest BCUT2D eigenvalue weighted by molar-refractivity contribution is 4.92. The van der Waals surface area contributed by atoms with E-state index in [0.717, 1.165) is 35.9 Å². The molecule has 0 bridgehead atoms. The Morgan fingerprint density at radius 2 is 1.65 bits per heavy atom. The van der Waals surface area contributed by atoms with Gasteiger partial charge >= 0.3 is 0 Å². The van der Waals surface area contributed by atoms with Gasteiger partial charge in [-0.2, -0.15) is 0 Å². The molecule has 0 amide bonds. The molecule has 20 heavy (non-hydrogen) atoms. The molecule has 0 aromatic rings. The number of likely N-dealkylation sites (tertiary alicyclic amines) is 1. The molecule has 3 aliphatic rings. The van der Waals surface area contributed by atoms with Crippen LogP contribution < -0.4 is 5.32 Å². The quantitative estimate of drug-likeness (QED) is 0.844. The van der Waals surface area contributed by atoms with Gasteiger partial charge in [0, 0.05) is 18.1 Å². The molecule has 3 fully saturated rings. The van der Waals surface area contributed by atoms with Crippen LogP contribution in [0.5, 0.6) is 0 Å². The minimum Gasteiger partial charge on any atom is -0.311 e. The number of rotatable bonds is 4. The summed E-state index contributed by atoms with van der Waals surface area (Å²) in [7, 11) is 0. The summed E-state index contributed by atoms with van der Waals surface area (Å²) >= 11 is 0. The molecule has 2 nitrogen and oxygen atoms in total. The van der Waals surface area contributed by atoms with Gasteiger partial charge in [0.2, 0.25) is 0 Å². The van der Waals surface area contributed by atoms with E-state index < -0.39 is 0 Å². The lowest BCUT2D eigenvalue weighted by Crippen LogP contribution is -2.51. The lowest BCUT2D eigenvalue weighted by molar-refractivity contribution is 0.129. The largest absolute Gasteiger partial charge is 0.311 e. The van der Waals surface area contributed by atoms with E-state index in [2.05, 4.69) is 31.0 Å². The number of nitrogens with zero attached hydrogens (tertiary/aromatic N) is 1. The first-order chi connectivity index (χ1) is 9.63. The average molecular weight is 278 g/mol. The predicted octanol–water partition coefficient (Wildman–Crippen LogP) is 3.66. The van der Waals surface area contributed by atoms with Crippen molar-refractivity contribution >= 4 is 0 Å². The molecule has 1 heterocycles. The Morgan fingerprint density at radius 3 is 2.25 bits per heavy atom. The van der Waals surface area contributed by atoms with E-state index in [4.69, 9.17) is 0 Å². The van der Waals surface area contributed by atoms with E-state index >= 15 is 0 Å². The SMILES string of the molecule is CC1CCC(C(C)C)C(NC2CCN(C3CC3)CC2)C1. The van der Waals surface area contributed by atoms with Gasteiger partial charge in [-0.15, -0.1) is 0 Å². The van der Waals surface area contributed by atoms with E-state index in [1.54, 1.807) is 0 Å². The minimum absolute atomic E-state index is 0.788. The van der Waals surface area contributed by atoms with Crippen molar-refractivity contribution in [2.45, 2.75) is 83.8 Å². The first kappa shape index (κ1) is 14.8. The summed E-state index contributed by atoms with van der Waals surface area (Å²) in [6.45, 7) is 9.98. The fourth-order valence-electron chi connectivity index (χ4n) is 4.57. The van der Waals surface area contributed by atoms with Crippen LogP contribution in [0.25, 0.3) is 0 Å². The van der Waals surface area contributed by atoms with Gasteiger partial charge in [0.05, 0.1) is 0 Å². The van der Waals surface area contributed by atoms with E-state index in [9.17, 15) is 0 Å². The first-order valence-corrected chi connectivity index (χ1v) is 9.13. The lowest BCUT2D eigenvalue weighted by Gasteiger charge is -2.42. The van der Waals surface area contributed by atoms with E-state index in [1.165, 1.54) is 58.0 Å². The van der Waals surface area contributed by atoms with Crippen LogP contribution in [0.3, 0.4) is 0 Å². The molecule has 2 saturated carbocycles. The zero-order valence-corrected chi connectivity index (χ0v) is 13.8. The van der Waals surface area contributed by atoms with Crippen molar-refractivity contribution < 1.29 is 0 Å². The van der Waals surface area contributed by atoms with Crippen LogP contribution >= 0.6 is 0 Å². The first-order valence-electron chi connectivity index (χ1n) is 9.13. The van der Waals surface area contributed by atoms with Gasteiger partial charge in [0.1, 0.15) is 0 Å². The van der Waals surface area contributed by atoms with Crippen molar-refractivity contribution in [3.05, 3.63) is 0 Å². The maximum Gasteiger partial charge on any atom is 0.0103 e. The third-order valence-corrected chi connectivity index (χ3v) is 6.06. The Morgan fingerprint density at radius 1 is 0.950 bits per heavy atom. The highest BCUT2D eigenvalue weighted by Crippen LogP contribution is 2.35. The molecule has 2 heteroatoms. The topological polar surface area (TPSA) is 15.3 Å². The van der Waals surface area contributed by atoms with Crippen LogP contribution in [0.15, 0.2) is 0 Å². The van der Waals surface area contributed by atoms with Crippen LogP contribution in [-0.2, 0) is 0 Å². The highest BCUT2D eigenvalue weighted by atomic mass is 15.2. The number of piperidine rings is 1. The number of nitrogens with one attached hydrogen (secondary N) is 1. The van der Waals surface area contributed by atoms with E-state index in [0.29, 0.717) is 0 Å². The van der Waals surface area contributed by atoms with E-state index in [1.807, 2.05) is 0 Å². The maximum absolute atomic E-state index is 4.07. The van der Waals surface area contributed by atoms with Crippen LogP contribution in [0, 0.1) is 17.8 Å². The van der Waals surface area contributed by atoms with Crippen molar-refractivity contribution in [3.8, 4) is 0 Å². The molecule has 1 N–H and O–H groups in total. The molecular weight excluding hydrogens is 244 g/mol. The van der Waals surface area contributed by atoms with Crippen LogP contribution in [-0.4, -0.2) is 36.1 Å². The summed E-state index contributed by atoms with van der Waals surface area (Å²) in [5.41, 5.74) is 0. The van der Waals surface area contributed by atoms with Crippen LogP contribution in [0.2, 0.25) is 0 Å². The third kappa shape index (κ3) is 3.57. The second-order valence-corrected chi connectivity index (χ2v) is 8.14. The molecule has 0 aromatic carbocycles. The van der Waals surface area contributed by atoms with Gasteiger partial charge in [-0.25, -0.2) is 0 Å². The monoisotopic (exact) mass is 278 g/mol. The predicted molar refractivity (Wildman–Crippen MR) is 85.9 cm³/mol. The Bertz CT molecular complexity index is 303. The number of hydrogen-bond acceptors (Lipinski definition) is 2. The summed E-state index contributed by atoms with van der Waals surface area (Å²) in [6, 6.07) is 2.55. The molecule has 116 valence electrons. The normalized spacial score (nSPS) is 37.5. The van der Waals surface area contributed by atoms with Crippen molar-refractivity contribution in [2.24, 2.45) is 17.8 Å². The Labute approximate surface area is 125 Å². The second-order valence-electron chi connectivity index (χ2n) is 8.14. The number of hydrogen-bond donors (Lipinski definition) is 1. The molecule has 0 aromatic heterocycles. The molecule has 3 rings (SSSR count). The van der Waals surface area contributed by atoms with Crippen molar-refractivity contribution in [3.63, 3.8) is 0 Å². The smallest absolute Gasteiger partial charge is 0.0103 e. The summed E-state index contributed by atoms with van der Waals surface area (Å²) in [4.78, 5) is 2.74. The fourth-order valence-corrected chi connectivity index (χ4v) is 4.57. The molecule has 2 aliphatic carbocycles. The van der Waals surface area contributed by atoms with E-state index in [-0.39, 0.29) is 0 Å². The fraction of sp³-hybridized carbons (Fsp3) is 1.00. The zero-order chi connectivity index (χ0) is 14.1. The van der Waals surface area contributed by atoms with Crippen LogP contribution in [0.4, 0.5) is 0 Å². The molecular formula is C18H34N2. The second kappa shape index (κ2) is 6.36. The minimum atomic E-state index is 0.788. The Balaban J connectivity index is 1.50. The summed E-state index contributed by atoms with van der Waals surface area (Å²) < 4.78 is 0. The van der Waals surface area contributed by atoms with Gasteiger partial charge in [-0.1, -0.05) is 27.2 Å². The van der Waals surface area contributed by atoms with Gasteiger partial charge in [-0.3, -0.25) is 0 Å². The van der Waals surface area contributed by atoms with Gasteiger partial charge in [0.25, 0.3) is 0 Å². The Hall–Kier alpha value is -0.0800. The van der Waals surface area contributed by atoms with Crippen molar-refractivity contribution in [2.75, 3.05) is 13.1 Å². The standard InChI is InChI=1S/C18H34N2/c1-13(2)17-7-4-14(3)12-18(17)19-15-8-10-20(11-9-15)16-5-6-16/h13-19H,4-12H2,1-3H3. The van der Waals surface area contributed by atoms with Gasteiger partial charge in [0.15, 0.2) is 0 Å². The van der Waals surface area contributed by atoms with Gasteiger partial charge in [-0.05, 0) is 69.4 Å². The Kier molecular flexibility index (Phi) is 4.72. The summed E-state index contributed by atoms with van der Waals surface area (Å²) in [5, 5.41) is 4.07. The summed E-state index contributed by atoms with van der Waals surface area (Å²) in [6.07, 6.45) is 9.99. The average Bonchev–Trinajstić information content (AvgIpc) is 3.24.